The molecule has 1 aliphatic carbocycles. The summed E-state index contributed by atoms with van der Waals surface area (Å²) in [6.45, 7) is 12.4. The van der Waals surface area contributed by atoms with Crippen LogP contribution in [-0.2, 0) is 11.2 Å². The number of aryl methyl sites for hydroxylation is 2. The molecular weight excluding hydrogens is 376 g/mol. The zero-order valence-corrected chi connectivity index (χ0v) is 18.9. The van der Waals surface area contributed by atoms with Crippen LogP contribution in [0.3, 0.4) is 0 Å². The van der Waals surface area contributed by atoms with Crippen molar-refractivity contribution in [2.24, 2.45) is 5.92 Å². The highest BCUT2D eigenvalue weighted by Gasteiger charge is 2.45. The third-order valence-corrected chi connectivity index (χ3v) is 6.72. The molecule has 2 aromatic rings. The van der Waals surface area contributed by atoms with E-state index in [-0.39, 0.29) is 5.91 Å². The number of carbonyl (C=O) groups is 1. The molecule has 2 heterocycles. The second kappa shape index (κ2) is 7.29. The lowest BCUT2D eigenvalue weighted by Gasteiger charge is -2.39. The Balaban J connectivity index is 1.72. The minimum atomic E-state index is -0.957. The minimum Gasteiger partial charge on any atom is -0.507 e. The van der Waals surface area contributed by atoms with Gasteiger partial charge < -0.3 is 9.84 Å². The molecule has 2 aliphatic rings. The molecule has 5 nitrogen and oxygen atoms in total. The fraction of sp³-hybridized carbons (Fsp3) is 0.520. The topological polar surface area (TPSA) is 62.7 Å². The minimum absolute atomic E-state index is 0.0275. The van der Waals surface area contributed by atoms with Crippen LogP contribution in [0.15, 0.2) is 12.1 Å². The molecule has 30 heavy (non-hydrogen) atoms. The van der Waals surface area contributed by atoms with E-state index in [0.29, 0.717) is 31.1 Å². The van der Waals surface area contributed by atoms with E-state index in [4.69, 9.17) is 4.74 Å². The van der Waals surface area contributed by atoms with Crippen molar-refractivity contribution >= 4 is 11.7 Å². The van der Waals surface area contributed by atoms with Crippen molar-refractivity contribution in [1.29, 1.82) is 0 Å². The van der Waals surface area contributed by atoms with Gasteiger partial charge in [-0.2, -0.15) is 0 Å². The van der Waals surface area contributed by atoms with Crippen LogP contribution in [0, 0.1) is 40.5 Å². The number of fused-ring (bicyclic) bond motifs is 1. The number of phenols is 1. The van der Waals surface area contributed by atoms with Crippen LogP contribution in [0.25, 0.3) is 0 Å². The zero-order chi connectivity index (χ0) is 21.8. The number of nitrogens with zero attached hydrogens (tertiary/aromatic N) is 2. The summed E-state index contributed by atoms with van der Waals surface area (Å²) in [5.41, 5.74) is 4.65. The quantitative estimate of drug-likeness (QED) is 0.785. The number of anilines is 1. The lowest BCUT2D eigenvalue weighted by molar-refractivity contribution is -0.134. The number of aromatic nitrogens is 1. The van der Waals surface area contributed by atoms with E-state index >= 15 is 0 Å². The number of phenolic OH excluding ortho intramolecular Hbond substituents is 1. The molecule has 0 radical (unpaired) electrons. The van der Waals surface area contributed by atoms with Crippen molar-refractivity contribution in [1.82, 2.24) is 4.98 Å². The summed E-state index contributed by atoms with van der Waals surface area (Å²) >= 11 is 0. The first-order valence-corrected chi connectivity index (χ1v) is 10.9. The van der Waals surface area contributed by atoms with E-state index in [0.717, 1.165) is 57.9 Å². The van der Waals surface area contributed by atoms with Gasteiger partial charge in [0, 0.05) is 24.2 Å². The van der Waals surface area contributed by atoms with Gasteiger partial charge in [-0.05, 0) is 101 Å². The molecular formula is C25H32N2O3. The van der Waals surface area contributed by atoms with Crippen molar-refractivity contribution < 1.29 is 14.6 Å². The van der Waals surface area contributed by atoms with E-state index in [9.17, 15) is 9.90 Å². The summed E-state index contributed by atoms with van der Waals surface area (Å²) in [5, 5.41) is 10.4. The summed E-state index contributed by atoms with van der Waals surface area (Å²) in [7, 11) is 0. The van der Waals surface area contributed by atoms with Gasteiger partial charge in [0.05, 0.1) is 0 Å². The summed E-state index contributed by atoms with van der Waals surface area (Å²) in [5.74, 6) is 2.32. The maximum absolute atomic E-state index is 13.9. The number of rotatable bonds is 4. The Labute approximate surface area is 179 Å². The maximum atomic E-state index is 13.9. The molecule has 1 amide bonds. The predicted molar refractivity (Wildman–Crippen MR) is 118 cm³/mol. The van der Waals surface area contributed by atoms with E-state index in [2.05, 4.69) is 4.98 Å². The molecule has 1 unspecified atom stereocenters. The molecule has 1 atom stereocenters. The van der Waals surface area contributed by atoms with Gasteiger partial charge in [-0.3, -0.25) is 9.69 Å². The molecule has 1 N–H and O–H groups in total. The first-order valence-electron chi connectivity index (χ1n) is 10.9. The number of ether oxygens (including phenoxy) is 1. The highest BCUT2D eigenvalue weighted by molar-refractivity contribution is 5.99. The van der Waals surface area contributed by atoms with Gasteiger partial charge in [-0.25, -0.2) is 4.98 Å². The van der Waals surface area contributed by atoms with Gasteiger partial charge in [0.2, 0.25) is 0 Å². The number of benzene rings is 1. The van der Waals surface area contributed by atoms with Crippen LogP contribution in [-0.4, -0.2) is 28.1 Å². The van der Waals surface area contributed by atoms with Gasteiger partial charge in [0.25, 0.3) is 5.91 Å². The van der Waals surface area contributed by atoms with Gasteiger partial charge in [0.1, 0.15) is 17.3 Å². The number of hydrogen-bond acceptors (Lipinski definition) is 4. The molecule has 160 valence electrons. The van der Waals surface area contributed by atoms with Crippen LogP contribution < -0.4 is 9.64 Å². The fourth-order valence-corrected chi connectivity index (χ4v) is 4.48. The third kappa shape index (κ3) is 3.55. The first-order chi connectivity index (χ1) is 14.1. The highest BCUT2D eigenvalue weighted by Crippen LogP contribution is 2.44. The largest absolute Gasteiger partial charge is 0.507 e. The van der Waals surface area contributed by atoms with Gasteiger partial charge in [-0.1, -0.05) is 0 Å². The Morgan fingerprint density at radius 3 is 2.50 bits per heavy atom. The van der Waals surface area contributed by atoms with Crippen LogP contribution in [0.2, 0.25) is 0 Å². The zero-order valence-electron chi connectivity index (χ0n) is 18.9. The number of carbonyl (C=O) groups excluding carboxylic acids is 1. The first kappa shape index (κ1) is 20.7. The molecule has 0 bridgehead atoms. The Hall–Kier alpha value is -2.56. The standard InChI is InChI=1S/C25H32N2O3/c1-14-11-15(2)26-21(12-14)27(13-19-7-8-19)24(29)25(6)10-9-20-18(5)22(28)16(3)17(4)23(20)30-25/h11-12,19,28H,7-10,13H2,1-6H3. The second-order valence-electron chi connectivity index (χ2n) is 9.37. The molecule has 0 saturated heterocycles. The fourth-order valence-electron chi connectivity index (χ4n) is 4.48. The van der Waals surface area contributed by atoms with Crippen LogP contribution in [0.5, 0.6) is 11.5 Å². The molecule has 1 aromatic carbocycles. The molecule has 1 fully saturated rings. The Morgan fingerprint density at radius 1 is 1.17 bits per heavy atom. The molecule has 1 saturated carbocycles. The lowest BCUT2D eigenvalue weighted by atomic mass is 9.86. The van der Waals surface area contributed by atoms with Crippen molar-refractivity contribution in [3.63, 3.8) is 0 Å². The molecule has 5 heteroatoms. The highest BCUT2D eigenvalue weighted by atomic mass is 16.5. The number of pyridine rings is 1. The van der Waals surface area contributed by atoms with Crippen molar-refractivity contribution in [3.05, 3.63) is 45.6 Å². The monoisotopic (exact) mass is 408 g/mol. The molecule has 1 aliphatic heterocycles. The van der Waals surface area contributed by atoms with E-state index in [1.54, 1.807) is 0 Å². The van der Waals surface area contributed by atoms with E-state index in [1.165, 1.54) is 0 Å². The van der Waals surface area contributed by atoms with E-state index < -0.39 is 5.60 Å². The van der Waals surface area contributed by atoms with Crippen molar-refractivity contribution in [2.75, 3.05) is 11.4 Å². The summed E-state index contributed by atoms with van der Waals surface area (Å²) in [6, 6.07) is 4.02. The smallest absolute Gasteiger partial charge is 0.272 e. The van der Waals surface area contributed by atoms with Crippen LogP contribution >= 0.6 is 0 Å². The Bertz CT molecular complexity index is 1010. The molecule has 4 rings (SSSR count). The normalized spacial score (nSPS) is 20.5. The van der Waals surface area contributed by atoms with Crippen molar-refractivity contribution in [2.45, 2.75) is 72.8 Å². The average Bonchev–Trinajstić information content (AvgIpc) is 3.51. The molecule has 0 spiro atoms. The number of hydrogen-bond donors (Lipinski definition) is 1. The van der Waals surface area contributed by atoms with Gasteiger partial charge in [0.15, 0.2) is 5.60 Å². The lowest BCUT2D eigenvalue weighted by Crippen LogP contribution is -2.53. The second-order valence-corrected chi connectivity index (χ2v) is 9.37. The van der Waals surface area contributed by atoms with Gasteiger partial charge in [-0.15, -0.1) is 0 Å². The van der Waals surface area contributed by atoms with Crippen LogP contribution in [0.1, 0.15) is 59.7 Å². The SMILES string of the molecule is Cc1cc(C)nc(N(CC2CC2)C(=O)C2(C)CCc3c(C)c(O)c(C)c(C)c3O2)c1. The molecule has 1 aromatic heterocycles. The summed E-state index contributed by atoms with van der Waals surface area (Å²) in [4.78, 5) is 20.4. The Morgan fingerprint density at radius 2 is 1.87 bits per heavy atom. The predicted octanol–water partition coefficient (Wildman–Crippen LogP) is 4.86. The van der Waals surface area contributed by atoms with Crippen LogP contribution in [0.4, 0.5) is 5.82 Å². The third-order valence-electron chi connectivity index (χ3n) is 6.72. The summed E-state index contributed by atoms with van der Waals surface area (Å²) in [6.07, 6.45) is 3.60. The number of amides is 1. The summed E-state index contributed by atoms with van der Waals surface area (Å²) < 4.78 is 6.46. The average molecular weight is 409 g/mol. The van der Waals surface area contributed by atoms with Gasteiger partial charge >= 0.3 is 0 Å². The maximum Gasteiger partial charge on any atom is 0.272 e. The van der Waals surface area contributed by atoms with Crippen molar-refractivity contribution in [3.8, 4) is 11.5 Å². The Kier molecular flexibility index (Phi) is 5.03. The van der Waals surface area contributed by atoms with E-state index in [1.807, 2.05) is 58.6 Å². The number of aromatic hydroxyl groups is 1.